The Morgan fingerprint density at radius 3 is 2.36 bits per heavy atom. The first-order chi connectivity index (χ1) is 12.0. The molecule has 0 radical (unpaired) electrons. The zero-order valence-electron chi connectivity index (χ0n) is 12.9. The summed E-state index contributed by atoms with van der Waals surface area (Å²) in [7, 11) is 1.68. The van der Waals surface area contributed by atoms with E-state index in [4.69, 9.17) is 23.2 Å². The fraction of sp³-hybridized carbons (Fsp3) is 0.0667. The van der Waals surface area contributed by atoms with Gasteiger partial charge in [-0.05, 0) is 29.8 Å². The number of aryl methyl sites for hydroxylation is 1. The Kier molecular flexibility index (Phi) is 4.73. The van der Waals surface area contributed by atoms with E-state index in [1.165, 1.54) is 15.3 Å². The summed E-state index contributed by atoms with van der Waals surface area (Å²) < 4.78 is 2.98. The third-order valence-electron chi connectivity index (χ3n) is 3.37. The van der Waals surface area contributed by atoms with Crippen molar-refractivity contribution < 1.29 is 0 Å². The number of aromatic amines is 2. The zero-order chi connectivity index (χ0) is 18.0. The molecule has 4 rings (SSSR count). The maximum absolute atomic E-state index is 12.3. The topological polar surface area (TPSA) is 101 Å². The Balaban J connectivity index is 0.000000258. The summed E-state index contributed by atoms with van der Waals surface area (Å²) in [4.78, 5) is 34.9. The Bertz CT molecular complexity index is 1120. The lowest BCUT2D eigenvalue weighted by Crippen LogP contribution is -2.21. The molecule has 2 N–H and O–H groups in total. The number of hydrogen-bond acceptors (Lipinski definition) is 4. The van der Waals surface area contributed by atoms with Crippen molar-refractivity contribution in [3.8, 4) is 5.82 Å². The molecule has 3 heterocycles. The molecule has 0 aliphatic carbocycles. The summed E-state index contributed by atoms with van der Waals surface area (Å²) in [6.07, 6.45) is 4.59. The van der Waals surface area contributed by atoms with Gasteiger partial charge in [0.1, 0.15) is 5.82 Å². The average Bonchev–Trinajstić information content (AvgIpc) is 3.15. The van der Waals surface area contributed by atoms with Gasteiger partial charge in [0.2, 0.25) is 5.28 Å². The van der Waals surface area contributed by atoms with Gasteiger partial charge < -0.3 is 9.97 Å². The molecule has 1 aromatic carbocycles. The van der Waals surface area contributed by atoms with E-state index in [0.29, 0.717) is 16.4 Å². The van der Waals surface area contributed by atoms with Gasteiger partial charge in [-0.3, -0.25) is 4.57 Å². The number of benzene rings is 1. The van der Waals surface area contributed by atoms with Crippen LogP contribution in [0.4, 0.5) is 0 Å². The van der Waals surface area contributed by atoms with Crippen molar-refractivity contribution in [2.24, 2.45) is 7.05 Å². The second-order valence-corrected chi connectivity index (χ2v) is 5.72. The zero-order valence-corrected chi connectivity index (χ0v) is 14.4. The highest BCUT2D eigenvalue weighted by Crippen LogP contribution is 2.20. The monoisotopic (exact) mass is 378 g/mol. The van der Waals surface area contributed by atoms with E-state index in [0.717, 1.165) is 5.52 Å². The molecule has 0 unspecified atom stereocenters. The van der Waals surface area contributed by atoms with Crippen molar-refractivity contribution in [1.82, 2.24) is 29.1 Å². The summed E-state index contributed by atoms with van der Waals surface area (Å²) in [5.41, 5.74) is 1.07. The van der Waals surface area contributed by atoms with Gasteiger partial charge in [-0.25, -0.2) is 19.1 Å². The Morgan fingerprint density at radius 2 is 1.76 bits per heavy atom. The lowest BCUT2D eigenvalue weighted by molar-refractivity contribution is 0.831. The second kappa shape index (κ2) is 6.96. The van der Waals surface area contributed by atoms with E-state index in [1.807, 2.05) is 0 Å². The molecule has 10 heteroatoms. The molecule has 0 bridgehead atoms. The van der Waals surface area contributed by atoms with Crippen LogP contribution in [-0.2, 0) is 7.05 Å². The number of hydrogen-bond donors (Lipinski definition) is 2. The molecule has 8 nitrogen and oxygen atoms in total. The molecule has 25 heavy (non-hydrogen) atoms. The van der Waals surface area contributed by atoms with Crippen molar-refractivity contribution in [2.45, 2.75) is 0 Å². The minimum Gasteiger partial charge on any atom is -0.313 e. The molecule has 0 spiro atoms. The number of imidazole rings is 2. The Hall–Kier alpha value is -2.84. The summed E-state index contributed by atoms with van der Waals surface area (Å²) in [6.45, 7) is 0. The largest absolute Gasteiger partial charge is 0.334 e. The second-order valence-electron chi connectivity index (χ2n) is 4.95. The van der Waals surface area contributed by atoms with E-state index >= 15 is 0 Å². The molecule has 0 saturated carbocycles. The highest BCUT2D eigenvalue weighted by molar-refractivity contribution is 6.31. The molecule has 0 saturated heterocycles. The molecule has 0 atom stereocenters. The summed E-state index contributed by atoms with van der Waals surface area (Å²) in [5.74, 6) is 0.429. The van der Waals surface area contributed by atoms with Crippen LogP contribution in [0.25, 0.3) is 16.9 Å². The van der Waals surface area contributed by atoms with Gasteiger partial charge in [0, 0.05) is 36.7 Å². The van der Waals surface area contributed by atoms with E-state index < -0.39 is 0 Å². The number of fused-ring (bicyclic) bond motifs is 1. The van der Waals surface area contributed by atoms with Crippen LogP contribution in [0.2, 0.25) is 10.3 Å². The minimum absolute atomic E-state index is 0.0929. The van der Waals surface area contributed by atoms with Gasteiger partial charge in [0.15, 0.2) is 0 Å². The van der Waals surface area contributed by atoms with Crippen molar-refractivity contribution >= 4 is 34.2 Å². The smallest absolute Gasteiger partial charge is 0.313 e. The number of halogens is 2. The predicted molar refractivity (Wildman–Crippen MR) is 95.5 cm³/mol. The molecular weight excluding hydrogens is 367 g/mol. The molecule has 0 amide bonds. The number of rotatable bonds is 1. The quantitative estimate of drug-likeness (QED) is 0.495. The fourth-order valence-corrected chi connectivity index (χ4v) is 2.57. The molecule has 4 aromatic rings. The van der Waals surface area contributed by atoms with Crippen LogP contribution in [0.15, 0.2) is 52.4 Å². The highest BCUT2D eigenvalue weighted by atomic mass is 35.5. The van der Waals surface area contributed by atoms with Gasteiger partial charge in [0.05, 0.1) is 11.0 Å². The molecule has 0 aliphatic heterocycles. The summed E-state index contributed by atoms with van der Waals surface area (Å²) in [6, 6.07) is 6.86. The molecular formula is C15H12Cl2N6O2. The van der Waals surface area contributed by atoms with Crippen molar-refractivity contribution in [3.63, 3.8) is 0 Å². The van der Waals surface area contributed by atoms with Crippen LogP contribution in [0, 0.1) is 0 Å². The van der Waals surface area contributed by atoms with E-state index in [9.17, 15) is 9.59 Å². The van der Waals surface area contributed by atoms with Crippen LogP contribution in [0.3, 0.4) is 0 Å². The van der Waals surface area contributed by atoms with Gasteiger partial charge in [-0.15, -0.1) is 0 Å². The fourth-order valence-electron chi connectivity index (χ4n) is 2.26. The van der Waals surface area contributed by atoms with Crippen LogP contribution in [0.1, 0.15) is 0 Å². The highest BCUT2D eigenvalue weighted by Gasteiger charge is 2.13. The maximum Gasteiger partial charge on any atom is 0.334 e. The first-order valence-electron chi connectivity index (χ1n) is 7.05. The summed E-state index contributed by atoms with van der Waals surface area (Å²) in [5, 5.41) is 0.663. The van der Waals surface area contributed by atoms with Gasteiger partial charge in [0.25, 0.3) is 0 Å². The van der Waals surface area contributed by atoms with Gasteiger partial charge >= 0.3 is 11.4 Å². The third kappa shape index (κ3) is 3.49. The van der Waals surface area contributed by atoms with Crippen LogP contribution >= 0.6 is 23.2 Å². The number of H-pyrrole nitrogens is 2. The van der Waals surface area contributed by atoms with Crippen LogP contribution < -0.4 is 11.4 Å². The van der Waals surface area contributed by atoms with Crippen LogP contribution in [-0.4, -0.2) is 29.1 Å². The third-order valence-corrected chi connectivity index (χ3v) is 3.79. The molecule has 0 aliphatic rings. The number of aromatic nitrogens is 6. The maximum atomic E-state index is 12.3. The lowest BCUT2D eigenvalue weighted by atomic mass is 10.3. The van der Waals surface area contributed by atoms with Crippen molar-refractivity contribution in [2.75, 3.05) is 0 Å². The average molecular weight is 379 g/mol. The normalized spacial score (nSPS) is 10.5. The first-order valence-corrected chi connectivity index (χ1v) is 7.81. The van der Waals surface area contributed by atoms with Crippen molar-refractivity contribution in [3.05, 3.63) is 74.1 Å². The van der Waals surface area contributed by atoms with Gasteiger partial charge in [-0.1, -0.05) is 11.6 Å². The number of nitrogens with zero attached hydrogens (tertiary/aromatic N) is 4. The van der Waals surface area contributed by atoms with Crippen LogP contribution in [0.5, 0.6) is 0 Å². The van der Waals surface area contributed by atoms with E-state index in [-0.39, 0.29) is 16.7 Å². The summed E-state index contributed by atoms with van der Waals surface area (Å²) >= 11 is 11.7. The molecule has 128 valence electrons. The lowest BCUT2D eigenvalue weighted by Gasteiger charge is -2.01. The Morgan fingerprint density at radius 1 is 1.04 bits per heavy atom. The molecule has 0 fully saturated rings. The minimum atomic E-state index is -0.216. The van der Waals surface area contributed by atoms with Gasteiger partial charge in [-0.2, -0.15) is 4.98 Å². The van der Waals surface area contributed by atoms with Crippen molar-refractivity contribution in [1.29, 1.82) is 0 Å². The Labute approximate surface area is 150 Å². The first kappa shape index (κ1) is 17.0. The van der Waals surface area contributed by atoms with E-state index in [1.54, 1.807) is 43.7 Å². The predicted octanol–water partition coefficient (Wildman–Crippen LogP) is 2.13. The molecule has 3 aromatic heterocycles. The number of nitrogens with one attached hydrogen (secondary N) is 2. The SMILES string of the molecule is Cn1c(=O)n(-c2ccnc(Cl)n2)c2ccc(Cl)cc21.O=c1[nH]cc[nH]1. The standard InChI is InChI=1S/C12H8Cl2N4O.C3H4N2O/c1-17-9-6-7(13)2-3-8(9)18(12(17)19)10-4-5-15-11(14)16-10;6-3-4-1-2-5-3/h2-6H,1H3;1-2H,(H2,4,5,6). The van der Waals surface area contributed by atoms with E-state index in [2.05, 4.69) is 19.9 Å².